The molecule has 7 atom stereocenters. The van der Waals surface area contributed by atoms with Crippen LogP contribution in [-0.4, -0.2) is 95.4 Å². The first-order valence-electron chi connectivity index (χ1n) is 34.9. The molecule has 12 nitrogen and oxygen atoms in total. The average molecular weight is 1160 g/mol. The number of carbonyl (C=O) groups excluding carboxylic acids is 1. The van der Waals surface area contributed by atoms with E-state index in [2.05, 4.69) is 23.3 Å². The van der Waals surface area contributed by atoms with Crippen LogP contribution in [0.1, 0.15) is 367 Å². The summed E-state index contributed by atoms with van der Waals surface area (Å²) in [5.41, 5.74) is 0. The first kappa shape index (κ1) is 77.1. The fourth-order valence-corrected chi connectivity index (χ4v) is 12.3. The highest BCUT2D eigenvalue weighted by Gasteiger charge is 2.48. The number of ether oxygens (including phenoxy) is 2. The van der Waals surface area contributed by atoms with Crippen molar-refractivity contribution in [2.24, 2.45) is 0 Å². The highest BCUT2D eigenvalue weighted by atomic mass is 32.3. The van der Waals surface area contributed by atoms with Crippen molar-refractivity contribution in [3.8, 4) is 0 Å². The van der Waals surface area contributed by atoms with E-state index < -0.39 is 59.9 Å². The second-order valence-corrected chi connectivity index (χ2v) is 25.9. The summed E-state index contributed by atoms with van der Waals surface area (Å²) < 4.78 is 48.1. The summed E-state index contributed by atoms with van der Waals surface area (Å²) in [6.45, 7) is 3.53. The fraction of sp³-hybridized carbons (Fsp3) is 0.985. The van der Waals surface area contributed by atoms with Crippen LogP contribution in [0, 0.1) is 0 Å². The number of hydrogen-bond donors (Lipinski definition) is 6. The first-order valence-corrected chi connectivity index (χ1v) is 36.3. The third kappa shape index (κ3) is 48.3. The number of rotatable bonds is 63. The van der Waals surface area contributed by atoms with E-state index in [9.17, 15) is 38.2 Å². The number of amides is 1. The third-order valence-corrected chi connectivity index (χ3v) is 17.6. The molecule has 1 aliphatic heterocycles. The number of carbonyl (C=O) groups is 1. The van der Waals surface area contributed by atoms with Gasteiger partial charge in [0.25, 0.3) is 0 Å². The Labute approximate surface area is 494 Å². The third-order valence-electron chi connectivity index (χ3n) is 17.2. The monoisotopic (exact) mass is 1160 g/mol. The Kier molecular flexibility index (Phi) is 55.1. The lowest BCUT2D eigenvalue weighted by molar-refractivity contribution is -0.298. The lowest BCUT2D eigenvalue weighted by Gasteiger charge is -2.41. The Bertz CT molecular complexity index is 1410. The molecule has 6 N–H and O–H groups in total. The van der Waals surface area contributed by atoms with Crippen LogP contribution in [0.15, 0.2) is 0 Å². The molecule has 0 bridgehead atoms. The maximum atomic E-state index is 13.2. The molecule has 1 rings (SSSR count). The Balaban J connectivity index is 2.22. The number of aliphatic hydroxyl groups excluding tert-OH is 4. The van der Waals surface area contributed by atoms with E-state index in [0.717, 1.165) is 51.4 Å². The van der Waals surface area contributed by atoms with Gasteiger partial charge >= 0.3 is 10.4 Å². The van der Waals surface area contributed by atoms with Crippen LogP contribution < -0.4 is 5.32 Å². The summed E-state index contributed by atoms with van der Waals surface area (Å²) in [5, 5.41) is 45.3. The van der Waals surface area contributed by atoms with Crippen LogP contribution in [0.25, 0.3) is 0 Å². The van der Waals surface area contributed by atoms with Crippen molar-refractivity contribution in [2.75, 3.05) is 13.2 Å². The Morgan fingerprint density at radius 2 is 0.725 bits per heavy atom. The smallest absolute Gasteiger partial charge is 0.394 e. The molecule has 7 unspecified atom stereocenters. The van der Waals surface area contributed by atoms with E-state index in [1.165, 1.54) is 289 Å². The van der Waals surface area contributed by atoms with Crippen molar-refractivity contribution < 1.29 is 51.8 Å². The highest BCUT2D eigenvalue weighted by molar-refractivity contribution is 7.80. The van der Waals surface area contributed by atoms with Crippen LogP contribution in [0.2, 0.25) is 0 Å². The molecule has 0 spiro atoms. The van der Waals surface area contributed by atoms with Gasteiger partial charge in [0.15, 0.2) is 6.29 Å². The van der Waals surface area contributed by atoms with Crippen LogP contribution >= 0.6 is 0 Å². The van der Waals surface area contributed by atoms with Crippen molar-refractivity contribution in [3.05, 3.63) is 0 Å². The summed E-state index contributed by atoms with van der Waals surface area (Å²) >= 11 is 0. The van der Waals surface area contributed by atoms with Gasteiger partial charge in [-0.25, -0.2) is 4.18 Å². The molecule has 1 amide bonds. The molecule has 13 heteroatoms. The molecule has 0 aromatic carbocycles. The van der Waals surface area contributed by atoms with Gasteiger partial charge in [0.1, 0.15) is 24.4 Å². The van der Waals surface area contributed by atoms with Crippen LogP contribution in [0.5, 0.6) is 0 Å². The Hall–Kier alpha value is -0.900. The quantitative estimate of drug-likeness (QED) is 0.0251. The summed E-state index contributed by atoms with van der Waals surface area (Å²) in [7, 11) is -5.08. The molecule has 0 aromatic heterocycles. The summed E-state index contributed by atoms with van der Waals surface area (Å²) in [5.74, 6) is -0.219. The summed E-state index contributed by atoms with van der Waals surface area (Å²) in [6, 6.07) is -0.855. The standard InChI is InChI=1S/C67H133NO11S/c1-3-5-7-9-11-13-15-17-19-21-23-25-27-28-29-30-31-32-33-35-37-39-41-43-45-47-49-51-53-55-57-63(71)68-60(59-77-67-65(73)66(79-80(74,75)76)64(72)62(58-69)78-67)61(70)56-54-52-50-48-46-44-42-40-38-36-34-26-24-22-20-18-16-14-12-10-8-6-4-2/h60-62,64-67,69-70,72-73H,3-59H2,1-2H3,(H,68,71)(H,74,75,76). The van der Waals surface area contributed by atoms with Crippen molar-refractivity contribution in [2.45, 2.75) is 410 Å². The number of unbranched alkanes of at least 4 members (excludes halogenated alkanes) is 51. The zero-order chi connectivity index (χ0) is 58.3. The van der Waals surface area contributed by atoms with Gasteiger partial charge in [-0.2, -0.15) is 8.42 Å². The lowest BCUT2D eigenvalue weighted by Crippen LogP contribution is -2.61. The van der Waals surface area contributed by atoms with Crippen molar-refractivity contribution >= 4 is 16.3 Å². The molecule has 1 heterocycles. The van der Waals surface area contributed by atoms with Gasteiger partial charge in [0.2, 0.25) is 5.91 Å². The van der Waals surface area contributed by atoms with Gasteiger partial charge < -0.3 is 35.2 Å². The molecule has 1 aliphatic rings. The van der Waals surface area contributed by atoms with E-state index >= 15 is 0 Å². The molecule has 1 saturated heterocycles. The second kappa shape index (κ2) is 57.2. The fourth-order valence-electron chi connectivity index (χ4n) is 11.8. The normalized spacial score (nSPS) is 18.5. The predicted octanol–water partition coefficient (Wildman–Crippen LogP) is 18.0. The van der Waals surface area contributed by atoms with Crippen molar-refractivity contribution in [1.29, 1.82) is 0 Å². The zero-order valence-corrected chi connectivity index (χ0v) is 53.3. The maximum absolute atomic E-state index is 13.2. The minimum Gasteiger partial charge on any atom is -0.394 e. The second-order valence-electron chi connectivity index (χ2n) is 24.8. The molecule has 0 radical (unpaired) electrons. The minimum atomic E-state index is -5.08. The number of aliphatic hydroxyl groups is 4. The molecule has 1 fully saturated rings. The van der Waals surface area contributed by atoms with E-state index in [4.69, 9.17) is 9.47 Å². The van der Waals surface area contributed by atoms with Gasteiger partial charge in [-0.05, 0) is 12.8 Å². The number of hydrogen-bond acceptors (Lipinski definition) is 10. The van der Waals surface area contributed by atoms with Crippen LogP contribution in [0.4, 0.5) is 0 Å². The van der Waals surface area contributed by atoms with Crippen molar-refractivity contribution in [1.82, 2.24) is 5.32 Å². The topological polar surface area (TPSA) is 192 Å². The van der Waals surface area contributed by atoms with Crippen LogP contribution in [0.3, 0.4) is 0 Å². The van der Waals surface area contributed by atoms with E-state index in [1.807, 2.05) is 0 Å². The van der Waals surface area contributed by atoms with Gasteiger partial charge in [-0.1, -0.05) is 348 Å². The molecule has 0 saturated carbocycles. The van der Waals surface area contributed by atoms with Crippen molar-refractivity contribution in [3.63, 3.8) is 0 Å². The Morgan fingerprint density at radius 3 is 1.00 bits per heavy atom. The maximum Gasteiger partial charge on any atom is 0.397 e. The zero-order valence-electron chi connectivity index (χ0n) is 52.4. The molecular weight excluding hydrogens is 1030 g/mol. The van der Waals surface area contributed by atoms with Gasteiger partial charge in [-0.15, -0.1) is 0 Å². The van der Waals surface area contributed by atoms with E-state index in [1.54, 1.807) is 0 Å². The van der Waals surface area contributed by atoms with Gasteiger partial charge in [0, 0.05) is 6.42 Å². The lowest BCUT2D eigenvalue weighted by atomic mass is 9.99. The van der Waals surface area contributed by atoms with E-state index in [0.29, 0.717) is 12.8 Å². The molecule has 0 aliphatic carbocycles. The molecule has 80 heavy (non-hydrogen) atoms. The minimum absolute atomic E-state index is 0.219. The van der Waals surface area contributed by atoms with E-state index in [-0.39, 0.29) is 12.5 Å². The summed E-state index contributed by atoms with van der Waals surface area (Å²) in [6.07, 6.45) is 61.4. The molecular formula is C67H133NO11S. The Morgan fingerprint density at radius 1 is 0.450 bits per heavy atom. The first-order chi connectivity index (χ1) is 39.0. The SMILES string of the molecule is CCCCCCCCCCCCCCCCCCCCCCCCCCCCCCCCC(=O)NC(COC1OC(CO)C(O)C(OS(=O)(=O)O)C1O)C(O)CCCCCCCCCCCCCCCCCCCCCCCCC. The molecule has 0 aromatic rings. The average Bonchev–Trinajstić information content (AvgIpc) is 3.44. The van der Waals surface area contributed by atoms with Gasteiger partial charge in [-0.3, -0.25) is 9.35 Å². The predicted molar refractivity (Wildman–Crippen MR) is 333 cm³/mol. The summed E-state index contributed by atoms with van der Waals surface area (Å²) in [4.78, 5) is 13.2. The molecule has 478 valence electrons. The number of nitrogens with one attached hydrogen (secondary N) is 1. The largest absolute Gasteiger partial charge is 0.397 e. The van der Waals surface area contributed by atoms with Crippen LogP contribution in [-0.2, 0) is 28.9 Å². The highest BCUT2D eigenvalue weighted by Crippen LogP contribution is 2.27. The van der Waals surface area contributed by atoms with Gasteiger partial charge in [0.05, 0.1) is 25.4 Å².